The number of aryl methyl sites for hydroxylation is 4. The zero-order valence-corrected chi connectivity index (χ0v) is 74.4. The van der Waals surface area contributed by atoms with E-state index in [1.807, 2.05) is 18.6 Å². The summed E-state index contributed by atoms with van der Waals surface area (Å²) in [7, 11) is 0. The van der Waals surface area contributed by atoms with Crippen LogP contribution in [0.5, 0.6) is 0 Å². The molecule has 0 amide bonds. The van der Waals surface area contributed by atoms with Crippen molar-refractivity contribution in [1.82, 2.24) is 43.2 Å². The smallest absolute Gasteiger partial charge is 0.394 e. The number of imidazole rings is 3. The van der Waals surface area contributed by atoms with Crippen LogP contribution in [0.3, 0.4) is 0 Å². The predicted molar refractivity (Wildman–Crippen MR) is 505 cm³/mol. The van der Waals surface area contributed by atoms with E-state index in [-0.39, 0.29) is 20.1 Å². The number of nitrogens with one attached hydrogen (secondary N) is 2. The zero-order chi connectivity index (χ0) is 83.0. The van der Waals surface area contributed by atoms with Crippen LogP contribution in [0.1, 0.15) is 183 Å². The van der Waals surface area contributed by atoms with E-state index in [0.717, 1.165) is 82.0 Å². The molecule has 0 aliphatic carbocycles. The van der Waals surface area contributed by atoms with Crippen molar-refractivity contribution in [2.75, 3.05) is 0 Å². The SMILES string of the molecule is CC(C)c1cc(-c2ccccc2)cc(C(C)C)c1-n1ccnc1-c1[c-]cc2[nH]c3ccccc3c2c1.CC(C)c1cc(-c2ccccc2)cc(C(C)C)c1-n1ccnc1-c1[c-]cc2[nH]c3ccccc3c2c1.CCc1cc(CC)cc(CCn2c3c[c-]c(-c4nccn4-c4c(C(C)C)cc(-c5ccccc5)cc4C(C)C)cc3c3ccccc32)c1.[Ir+3]. The first-order valence-electron chi connectivity index (χ1n) is 43.1. The van der Waals surface area contributed by atoms with E-state index >= 15 is 0 Å². The summed E-state index contributed by atoms with van der Waals surface area (Å²) >= 11 is 0. The third-order valence-electron chi connectivity index (χ3n) is 24.1. The molecule has 9 nitrogen and oxygen atoms in total. The van der Waals surface area contributed by atoms with E-state index in [0.29, 0.717) is 35.5 Å². The number of hydrogen-bond acceptors (Lipinski definition) is 3. The third kappa shape index (κ3) is 16.4. The van der Waals surface area contributed by atoms with Crippen molar-refractivity contribution >= 4 is 65.4 Å². The molecule has 19 aromatic rings. The number of aromatic amines is 2. The quantitative estimate of drug-likeness (QED) is 0.0745. The Balaban J connectivity index is 0.000000136. The van der Waals surface area contributed by atoms with Gasteiger partial charge in [-0.05, 0) is 226 Å². The van der Waals surface area contributed by atoms with E-state index in [2.05, 4.69) is 417 Å². The largest absolute Gasteiger partial charge is 3.00 e. The van der Waals surface area contributed by atoms with Gasteiger partial charge < -0.3 is 28.2 Å². The second-order valence-corrected chi connectivity index (χ2v) is 34.0. The van der Waals surface area contributed by atoms with Crippen molar-refractivity contribution < 1.29 is 20.1 Å². The van der Waals surface area contributed by atoms with Crippen LogP contribution < -0.4 is 0 Å². The van der Waals surface area contributed by atoms with Gasteiger partial charge in [-0.2, -0.15) is 0 Å². The fraction of sp³-hybridized carbons (Fsp3) is 0.216. The van der Waals surface area contributed by atoms with E-state index < -0.39 is 0 Å². The molecule has 6 aromatic heterocycles. The van der Waals surface area contributed by atoms with Crippen molar-refractivity contribution in [2.45, 2.75) is 158 Å². The molecule has 0 atom stereocenters. The average molecular weight is 1760 g/mol. The Morgan fingerprint density at radius 3 is 0.967 bits per heavy atom. The molecule has 19 rings (SSSR count). The first kappa shape index (κ1) is 82.2. The van der Waals surface area contributed by atoms with Crippen LogP contribution in [0.4, 0.5) is 0 Å². The van der Waals surface area contributed by atoms with Crippen LogP contribution >= 0.6 is 0 Å². The number of H-pyrrole nitrogens is 2. The Kier molecular flexibility index (Phi) is 24.1. The Labute approximate surface area is 726 Å². The summed E-state index contributed by atoms with van der Waals surface area (Å²) in [5, 5.41) is 7.36. The van der Waals surface area contributed by atoms with Crippen LogP contribution in [0, 0.1) is 18.2 Å². The zero-order valence-electron chi connectivity index (χ0n) is 72.0. The summed E-state index contributed by atoms with van der Waals surface area (Å²) in [5.74, 6) is 4.87. The number of benzene rings is 13. The Hall–Kier alpha value is -12.5. The molecule has 0 aliphatic heterocycles. The molecule has 0 unspecified atom stereocenters. The molecule has 604 valence electrons. The minimum atomic E-state index is 0. The van der Waals surface area contributed by atoms with Gasteiger partial charge in [0.1, 0.15) is 0 Å². The molecular formula is C111H106IrN9. The first-order valence-corrected chi connectivity index (χ1v) is 43.1. The van der Waals surface area contributed by atoms with Gasteiger partial charge in [0.25, 0.3) is 0 Å². The van der Waals surface area contributed by atoms with Crippen molar-refractivity contribution in [3.63, 3.8) is 0 Å². The van der Waals surface area contributed by atoms with Crippen LogP contribution in [0.15, 0.2) is 292 Å². The topological polar surface area (TPSA) is 90.0 Å². The third-order valence-corrected chi connectivity index (χ3v) is 24.1. The Bertz CT molecular complexity index is 6530. The van der Waals surface area contributed by atoms with Gasteiger partial charge in [-0.25, -0.2) is 0 Å². The van der Waals surface area contributed by atoms with Gasteiger partial charge in [0.05, 0.1) is 17.5 Å². The number of fused-ring (bicyclic) bond motifs is 9. The summed E-state index contributed by atoms with van der Waals surface area (Å²) in [6.45, 7) is 32.8. The Morgan fingerprint density at radius 2 is 0.612 bits per heavy atom. The number of rotatable bonds is 20. The molecular weight excluding hydrogens is 1650 g/mol. The van der Waals surface area contributed by atoms with E-state index in [1.54, 1.807) is 0 Å². The van der Waals surface area contributed by atoms with Crippen molar-refractivity contribution in [3.05, 3.63) is 360 Å². The normalized spacial score (nSPS) is 11.7. The maximum absolute atomic E-state index is 4.97. The average Bonchev–Trinajstić information content (AvgIpc) is 1.66. The molecule has 0 aliphatic rings. The molecule has 2 N–H and O–H groups in total. The fourth-order valence-corrected chi connectivity index (χ4v) is 17.8. The van der Waals surface area contributed by atoms with E-state index in [9.17, 15) is 0 Å². The standard InChI is InChI=1S/C45H46N3.2C33H30N3.Ir/c1-7-32-24-33(8-2)26-34(25-32)20-22-47-42-17-13-12-16-38(42)41-27-36(18-19-43(41)47)45-46-21-23-48(45)44-39(30(3)4)28-37(29-40(44)31(5)6)35-14-10-9-11-15-35;2*1-21(2)27-19-25(23-10-6-5-7-11-23)20-28(22(3)4)32(27)36-17-16-34-33(36)24-14-15-31-29(18-24)26-12-8-9-13-30(26)35-31;/h9-17,19,21,23-31H,7-8,20,22H2,1-6H3;2*5-13,15-22,35H,1-4H3;/q3*-1;+3. The molecule has 6 heterocycles. The summed E-state index contributed by atoms with van der Waals surface area (Å²) in [6, 6.07) is 103. The predicted octanol–water partition coefficient (Wildman–Crippen LogP) is 29.5. The minimum Gasteiger partial charge on any atom is -0.394 e. The number of aromatic nitrogens is 9. The number of hydrogen-bond donors (Lipinski definition) is 2. The molecule has 13 aromatic carbocycles. The molecule has 121 heavy (non-hydrogen) atoms. The molecule has 0 saturated carbocycles. The first-order chi connectivity index (χ1) is 58.4. The maximum Gasteiger partial charge on any atom is 3.00 e. The molecule has 0 spiro atoms. The summed E-state index contributed by atoms with van der Waals surface area (Å²) in [4.78, 5) is 21.7. The van der Waals surface area contributed by atoms with Gasteiger partial charge in [0, 0.05) is 77.3 Å². The van der Waals surface area contributed by atoms with Crippen LogP contribution in [-0.4, -0.2) is 43.2 Å². The van der Waals surface area contributed by atoms with E-state index in [4.69, 9.17) is 15.0 Å². The number of nitrogens with zero attached hydrogens (tertiary/aromatic N) is 7. The van der Waals surface area contributed by atoms with Crippen molar-refractivity contribution in [2.24, 2.45) is 0 Å². The maximum atomic E-state index is 4.97. The number of para-hydroxylation sites is 3. The van der Waals surface area contributed by atoms with Gasteiger partial charge in [0.15, 0.2) is 0 Å². The second-order valence-electron chi connectivity index (χ2n) is 34.0. The fourth-order valence-electron chi connectivity index (χ4n) is 17.8. The van der Waals surface area contributed by atoms with Crippen LogP contribution in [-0.2, 0) is 45.9 Å². The van der Waals surface area contributed by atoms with E-state index in [1.165, 1.54) is 144 Å². The van der Waals surface area contributed by atoms with Crippen molar-refractivity contribution in [1.29, 1.82) is 0 Å². The van der Waals surface area contributed by atoms with Crippen LogP contribution in [0.25, 0.3) is 150 Å². The molecule has 0 bridgehead atoms. The van der Waals surface area contributed by atoms with Gasteiger partial charge in [-0.3, -0.25) is 15.0 Å². The molecule has 0 saturated heterocycles. The molecule has 0 fully saturated rings. The second kappa shape index (κ2) is 35.5. The van der Waals surface area contributed by atoms with Gasteiger partial charge >= 0.3 is 20.1 Å². The summed E-state index contributed by atoms with van der Waals surface area (Å²) < 4.78 is 9.33. The van der Waals surface area contributed by atoms with Gasteiger partial charge in [-0.15, -0.1) is 71.3 Å². The minimum absolute atomic E-state index is 0. The van der Waals surface area contributed by atoms with Crippen molar-refractivity contribution in [3.8, 4) is 84.6 Å². The monoisotopic (exact) mass is 1760 g/mol. The summed E-state index contributed by atoms with van der Waals surface area (Å²) in [5.41, 5.74) is 33.4. The van der Waals surface area contributed by atoms with Gasteiger partial charge in [0.2, 0.25) is 0 Å². The van der Waals surface area contributed by atoms with Gasteiger partial charge in [-0.1, -0.05) is 277 Å². The van der Waals surface area contributed by atoms with Crippen LogP contribution in [0.2, 0.25) is 0 Å². The molecule has 0 radical (unpaired) electrons. The summed E-state index contributed by atoms with van der Waals surface area (Å²) in [6.07, 6.45) is 15.2. The molecule has 10 heteroatoms. The Morgan fingerprint density at radius 1 is 0.298 bits per heavy atom.